The first-order valence-corrected chi connectivity index (χ1v) is 6.47. The lowest BCUT2D eigenvalue weighted by Gasteiger charge is -2.09. The van der Waals surface area contributed by atoms with Crippen molar-refractivity contribution in [3.05, 3.63) is 41.8 Å². The first kappa shape index (κ1) is 14.1. The van der Waals surface area contributed by atoms with Crippen LogP contribution in [0.3, 0.4) is 0 Å². The fraction of sp³-hybridized carbons (Fsp3) is 0.154. The number of amides is 1. The number of rotatable bonds is 4. The standard InChI is InChI=1S/C13H12N2O4S/c1-15(2)12(16)8-3-5-10(14-7-8)20-11-6-4-9(19-11)13(17)18/h3-7H,1-2H3,(H,17,18). The molecule has 2 heterocycles. The van der Waals surface area contributed by atoms with E-state index in [0.29, 0.717) is 15.7 Å². The second-order valence-electron chi connectivity index (χ2n) is 4.11. The summed E-state index contributed by atoms with van der Waals surface area (Å²) < 4.78 is 5.11. The SMILES string of the molecule is CN(C)C(=O)c1ccc(Sc2ccc(C(=O)O)o2)nc1. The number of carboxylic acids is 1. The minimum Gasteiger partial charge on any atom is -0.475 e. The van der Waals surface area contributed by atoms with Crippen LogP contribution in [-0.4, -0.2) is 41.0 Å². The quantitative estimate of drug-likeness (QED) is 0.930. The van der Waals surface area contributed by atoms with E-state index < -0.39 is 5.97 Å². The molecule has 0 saturated carbocycles. The van der Waals surface area contributed by atoms with Gasteiger partial charge in [-0.2, -0.15) is 0 Å². The maximum Gasteiger partial charge on any atom is 0.371 e. The lowest BCUT2D eigenvalue weighted by Crippen LogP contribution is -2.21. The van der Waals surface area contributed by atoms with Gasteiger partial charge in [-0.25, -0.2) is 9.78 Å². The Bertz CT molecular complexity index is 634. The number of hydrogen-bond donors (Lipinski definition) is 1. The van der Waals surface area contributed by atoms with Crippen LogP contribution in [0.1, 0.15) is 20.9 Å². The van der Waals surface area contributed by atoms with E-state index >= 15 is 0 Å². The van der Waals surface area contributed by atoms with E-state index in [4.69, 9.17) is 9.52 Å². The summed E-state index contributed by atoms with van der Waals surface area (Å²) in [5, 5.41) is 9.80. The van der Waals surface area contributed by atoms with Gasteiger partial charge in [-0.05, 0) is 36.0 Å². The Labute approximate surface area is 119 Å². The highest BCUT2D eigenvalue weighted by atomic mass is 32.2. The molecule has 0 aliphatic heterocycles. The average molecular weight is 292 g/mol. The van der Waals surface area contributed by atoms with Crippen LogP contribution in [0.2, 0.25) is 0 Å². The highest BCUT2D eigenvalue weighted by Crippen LogP contribution is 2.27. The third-order valence-corrected chi connectivity index (χ3v) is 3.26. The summed E-state index contributed by atoms with van der Waals surface area (Å²) in [5.74, 6) is -1.36. The summed E-state index contributed by atoms with van der Waals surface area (Å²) >= 11 is 1.19. The van der Waals surface area contributed by atoms with Crippen molar-refractivity contribution in [2.24, 2.45) is 0 Å². The Kier molecular flexibility index (Phi) is 4.09. The number of hydrogen-bond acceptors (Lipinski definition) is 5. The molecule has 7 heteroatoms. The van der Waals surface area contributed by atoms with E-state index in [1.807, 2.05) is 0 Å². The lowest BCUT2D eigenvalue weighted by molar-refractivity contribution is 0.0656. The van der Waals surface area contributed by atoms with Crippen LogP contribution in [0.4, 0.5) is 0 Å². The Balaban J connectivity index is 2.10. The molecule has 0 aliphatic rings. The van der Waals surface area contributed by atoms with Crippen LogP contribution in [0.15, 0.2) is 45.0 Å². The molecule has 0 unspecified atom stereocenters. The van der Waals surface area contributed by atoms with Gasteiger partial charge in [0, 0.05) is 20.3 Å². The van der Waals surface area contributed by atoms with Gasteiger partial charge in [-0.3, -0.25) is 4.79 Å². The molecule has 0 aromatic carbocycles. The molecular weight excluding hydrogens is 280 g/mol. The molecule has 0 radical (unpaired) electrons. The van der Waals surface area contributed by atoms with Gasteiger partial charge in [0.1, 0.15) is 5.03 Å². The first-order valence-electron chi connectivity index (χ1n) is 5.66. The van der Waals surface area contributed by atoms with Crippen molar-refractivity contribution in [3.8, 4) is 0 Å². The van der Waals surface area contributed by atoms with Crippen molar-refractivity contribution >= 4 is 23.6 Å². The van der Waals surface area contributed by atoms with E-state index in [0.717, 1.165) is 0 Å². The smallest absolute Gasteiger partial charge is 0.371 e. The molecule has 20 heavy (non-hydrogen) atoms. The summed E-state index contributed by atoms with van der Waals surface area (Å²) in [6.45, 7) is 0. The molecule has 1 amide bonds. The number of furan rings is 1. The maximum atomic E-state index is 11.7. The number of carboxylic acid groups (broad SMARTS) is 1. The van der Waals surface area contributed by atoms with E-state index in [1.54, 1.807) is 32.3 Å². The van der Waals surface area contributed by atoms with Gasteiger partial charge < -0.3 is 14.4 Å². The second kappa shape index (κ2) is 5.79. The minimum atomic E-state index is -1.11. The van der Waals surface area contributed by atoms with Crippen LogP contribution in [-0.2, 0) is 0 Å². The van der Waals surface area contributed by atoms with Gasteiger partial charge in [0.2, 0.25) is 5.76 Å². The van der Waals surface area contributed by atoms with Crippen molar-refractivity contribution in [1.82, 2.24) is 9.88 Å². The Morgan fingerprint density at radius 3 is 2.50 bits per heavy atom. The zero-order chi connectivity index (χ0) is 14.7. The lowest BCUT2D eigenvalue weighted by atomic mass is 10.2. The molecule has 6 nitrogen and oxygen atoms in total. The van der Waals surface area contributed by atoms with Gasteiger partial charge in [0.15, 0.2) is 5.09 Å². The van der Waals surface area contributed by atoms with Gasteiger partial charge >= 0.3 is 5.97 Å². The molecule has 104 valence electrons. The van der Waals surface area contributed by atoms with Crippen LogP contribution < -0.4 is 0 Å². The zero-order valence-corrected chi connectivity index (χ0v) is 11.7. The molecule has 2 aromatic heterocycles. The molecule has 0 spiro atoms. The predicted molar refractivity (Wildman–Crippen MR) is 72.0 cm³/mol. The number of aromatic nitrogens is 1. The van der Waals surface area contributed by atoms with Crippen LogP contribution in [0, 0.1) is 0 Å². The summed E-state index contributed by atoms with van der Waals surface area (Å²) in [4.78, 5) is 28.0. The van der Waals surface area contributed by atoms with Crippen molar-refractivity contribution in [1.29, 1.82) is 0 Å². The van der Waals surface area contributed by atoms with Crippen molar-refractivity contribution in [3.63, 3.8) is 0 Å². The number of nitrogens with zero attached hydrogens (tertiary/aromatic N) is 2. The first-order chi connectivity index (χ1) is 9.47. The Morgan fingerprint density at radius 1 is 1.25 bits per heavy atom. The number of aromatic carboxylic acids is 1. The fourth-order valence-corrected chi connectivity index (χ4v) is 2.13. The number of carbonyl (C=O) groups excluding carboxylic acids is 1. The molecule has 0 saturated heterocycles. The monoisotopic (exact) mass is 292 g/mol. The van der Waals surface area contributed by atoms with E-state index in [9.17, 15) is 9.59 Å². The summed E-state index contributed by atoms with van der Waals surface area (Å²) in [6.07, 6.45) is 1.48. The molecule has 1 N–H and O–H groups in total. The zero-order valence-electron chi connectivity index (χ0n) is 10.9. The summed E-state index contributed by atoms with van der Waals surface area (Å²) in [5.41, 5.74) is 0.491. The molecule has 0 aliphatic carbocycles. The predicted octanol–water partition coefficient (Wildman–Crippen LogP) is 2.23. The van der Waals surface area contributed by atoms with Crippen molar-refractivity contribution in [2.45, 2.75) is 10.1 Å². The highest BCUT2D eigenvalue weighted by molar-refractivity contribution is 7.99. The number of pyridine rings is 1. The maximum absolute atomic E-state index is 11.7. The highest BCUT2D eigenvalue weighted by Gasteiger charge is 2.12. The largest absolute Gasteiger partial charge is 0.475 e. The molecular formula is C13H12N2O4S. The van der Waals surface area contributed by atoms with Crippen LogP contribution >= 0.6 is 11.8 Å². The molecule has 0 fully saturated rings. The molecule has 0 bridgehead atoms. The van der Waals surface area contributed by atoms with Crippen LogP contribution in [0.5, 0.6) is 0 Å². The van der Waals surface area contributed by atoms with E-state index in [1.165, 1.54) is 28.9 Å². The van der Waals surface area contributed by atoms with Gasteiger partial charge in [0.05, 0.1) is 5.56 Å². The van der Waals surface area contributed by atoms with Crippen LogP contribution in [0.25, 0.3) is 0 Å². The molecule has 2 aromatic rings. The van der Waals surface area contributed by atoms with Crippen molar-refractivity contribution < 1.29 is 19.1 Å². The van der Waals surface area contributed by atoms with Gasteiger partial charge in [-0.1, -0.05) is 0 Å². The van der Waals surface area contributed by atoms with E-state index in [2.05, 4.69) is 4.98 Å². The number of carbonyl (C=O) groups is 2. The second-order valence-corrected chi connectivity index (χ2v) is 5.14. The Morgan fingerprint density at radius 2 is 2.00 bits per heavy atom. The Hall–Kier alpha value is -2.28. The van der Waals surface area contributed by atoms with E-state index in [-0.39, 0.29) is 11.7 Å². The summed E-state index contributed by atoms with van der Waals surface area (Å²) in [7, 11) is 3.34. The van der Waals surface area contributed by atoms with Gasteiger partial charge in [0.25, 0.3) is 5.91 Å². The average Bonchev–Trinajstić information content (AvgIpc) is 2.87. The normalized spacial score (nSPS) is 10.3. The third kappa shape index (κ3) is 3.18. The minimum absolute atomic E-state index is 0.119. The topological polar surface area (TPSA) is 83.6 Å². The van der Waals surface area contributed by atoms with Gasteiger partial charge in [-0.15, -0.1) is 0 Å². The molecule has 2 rings (SSSR count). The molecule has 0 atom stereocenters. The summed E-state index contributed by atoms with van der Waals surface area (Å²) in [6, 6.07) is 6.30. The fourth-order valence-electron chi connectivity index (χ4n) is 1.42. The van der Waals surface area contributed by atoms with Crippen molar-refractivity contribution in [2.75, 3.05) is 14.1 Å². The third-order valence-electron chi connectivity index (χ3n) is 2.39.